The molecule has 0 unspecified atom stereocenters. The van der Waals surface area contributed by atoms with Gasteiger partial charge in [-0.15, -0.1) is 11.8 Å². The quantitative estimate of drug-likeness (QED) is 0.662. The molecular formula is C8H9ClO3S2. The number of phenolic OH excluding ortho intramolecular Hbond substituents is 1. The molecule has 0 aliphatic heterocycles. The Bertz CT molecular complexity index is 428. The van der Waals surface area contributed by atoms with Crippen LogP contribution in [0.3, 0.4) is 0 Å². The van der Waals surface area contributed by atoms with Crippen LogP contribution in [0, 0.1) is 0 Å². The van der Waals surface area contributed by atoms with Gasteiger partial charge in [-0.3, -0.25) is 0 Å². The third-order valence-electron chi connectivity index (χ3n) is 1.61. The van der Waals surface area contributed by atoms with E-state index in [2.05, 4.69) is 0 Å². The summed E-state index contributed by atoms with van der Waals surface area (Å²) in [7, 11) is 1.55. The van der Waals surface area contributed by atoms with E-state index in [9.17, 15) is 13.5 Å². The highest BCUT2D eigenvalue weighted by Gasteiger charge is 2.13. The van der Waals surface area contributed by atoms with Gasteiger partial charge < -0.3 is 5.11 Å². The van der Waals surface area contributed by atoms with Crippen molar-refractivity contribution in [2.24, 2.45) is 0 Å². The monoisotopic (exact) mass is 252 g/mol. The lowest BCUT2D eigenvalue weighted by Crippen LogP contribution is -1.96. The molecule has 0 aromatic heterocycles. The highest BCUT2D eigenvalue weighted by atomic mass is 35.7. The van der Waals surface area contributed by atoms with E-state index in [-0.39, 0.29) is 11.5 Å². The van der Waals surface area contributed by atoms with Gasteiger partial charge in [0.2, 0.25) is 9.05 Å². The van der Waals surface area contributed by atoms with Crippen molar-refractivity contribution in [1.29, 1.82) is 0 Å². The normalized spacial score (nSPS) is 11.6. The van der Waals surface area contributed by atoms with Gasteiger partial charge in [-0.25, -0.2) is 8.42 Å². The molecule has 6 heteroatoms. The van der Waals surface area contributed by atoms with E-state index in [4.69, 9.17) is 10.7 Å². The first kappa shape index (κ1) is 11.7. The number of thioether (sulfide) groups is 1. The Labute approximate surface area is 91.5 Å². The van der Waals surface area contributed by atoms with Gasteiger partial charge in [0.25, 0.3) is 0 Å². The second-order valence-corrected chi connectivity index (χ2v) is 6.25. The van der Waals surface area contributed by atoms with Gasteiger partial charge >= 0.3 is 0 Å². The minimum atomic E-state index is -3.58. The summed E-state index contributed by atoms with van der Waals surface area (Å²) in [4.78, 5) is 0.553. The average Bonchev–Trinajstić information content (AvgIpc) is 2.01. The predicted octanol–water partition coefficient (Wildman–Crippen LogP) is 2.18. The van der Waals surface area contributed by atoms with Gasteiger partial charge in [-0.05, 0) is 17.9 Å². The molecule has 0 bridgehead atoms. The van der Waals surface area contributed by atoms with Gasteiger partial charge in [0.15, 0.2) is 0 Å². The number of hydrogen-bond acceptors (Lipinski definition) is 4. The van der Waals surface area contributed by atoms with Crippen molar-refractivity contribution < 1.29 is 13.5 Å². The number of hydrogen-bond donors (Lipinski definition) is 1. The van der Waals surface area contributed by atoms with E-state index < -0.39 is 9.05 Å². The molecule has 0 saturated carbocycles. The van der Waals surface area contributed by atoms with Gasteiger partial charge in [0, 0.05) is 10.7 Å². The molecule has 0 saturated heterocycles. The Morgan fingerprint density at radius 1 is 1.50 bits per heavy atom. The third-order valence-corrected chi connectivity index (χ3v) is 3.47. The van der Waals surface area contributed by atoms with Crippen molar-refractivity contribution in [3.63, 3.8) is 0 Å². The highest BCUT2D eigenvalue weighted by Crippen LogP contribution is 2.31. The van der Waals surface area contributed by atoms with E-state index >= 15 is 0 Å². The lowest BCUT2D eigenvalue weighted by molar-refractivity contribution is 0.461. The van der Waals surface area contributed by atoms with Crippen molar-refractivity contribution in [3.8, 4) is 5.75 Å². The molecule has 0 heterocycles. The molecule has 0 atom stereocenters. The first-order chi connectivity index (χ1) is 6.44. The summed E-state index contributed by atoms with van der Waals surface area (Å²) in [5.41, 5.74) is 0.521. The fourth-order valence-corrected chi connectivity index (χ4v) is 2.84. The molecule has 0 spiro atoms. The standard InChI is InChI=1S/C8H9ClO3S2/c1-13-8-6(5-14(9,11)12)3-2-4-7(8)10/h2-4,10H,5H2,1H3. The van der Waals surface area contributed by atoms with E-state index in [0.717, 1.165) is 0 Å². The van der Waals surface area contributed by atoms with Crippen LogP contribution >= 0.6 is 22.4 Å². The Balaban J connectivity index is 3.15. The Hall–Kier alpha value is -0.390. The summed E-state index contributed by atoms with van der Waals surface area (Å²) in [5, 5.41) is 9.43. The van der Waals surface area contributed by atoms with Gasteiger partial charge in [-0.2, -0.15) is 0 Å². The lowest BCUT2D eigenvalue weighted by atomic mass is 10.2. The van der Waals surface area contributed by atoms with Crippen molar-refractivity contribution >= 4 is 31.5 Å². The predicted molar refractivity (Wildman–Crippen MR) is 58.4 cm³/mol. The number of aromatic hydroxyl groups is 1. The minimum absolute atomic E-state index is 0.0790. The molecule has 1 N–H and O–H groups in total. The molecule has 78 valence electrons. The molecule has 0 fully saturated rings. The zero-order valence-electron chi connectivity index (χ0n) is 7.40. The lowest BCUT2D eigenvalue weighted by Gasteiger charge is -2.06. The molecule has 3 nitrogen and oxygen atoms in total. The van der Waals surface area contributed by atoms with Gasteiger partial charge in [0.05, 0.1) is 10.6 Å². The van der Waals surface area contributed by atoms with Crippen LogP contribution in [-0.2, 0) is 14.8 Å². The van der Waals surface area contributed by atoms with Crippen LogP contribution in [0.2, 0.25) is 0 Å². The smallest absolute Gasteiger partial charge is 0.236 e. The minimum Gasteiger partial charge on any atom is -0.507 e. The molecular weight excluding hydrogens is 244 g/mol. The van der Waals surface area contributed by atoms with Crippen LogP contribution in [0.4, 0.5) is 0 Å². The second kappa shape index (κ2) is 4.42. The van der Waals surface area contributed by atoms with Gasteiger partial charge in [-0.1, -0.05) is 12.1 Å². The molecule has 1 aromatic carbocycles. The summed E-state index contributed by atoms with van der Waals surface area (Å²) >= 11 is 1.29. The SMILES string of the molecule is CSc1c(O)cccc1CS(=O)(=O)Cl. The molecule has 1 aromatic rings. The number of phenols is 1. The molecule has 14 heavy (non-hydrogen) atoms. The number of halogens is 1. The fraction of sp³-hybridized carbons (Fsp3) is 0.250. The molecule has 0 aliphatic rings. The van der Waals surface area contributed by atoms with Crippen molar-refractivity contribution in [3.05, 3.63) is 23.8 Å². The largest absolute Gasteiger partial charge is 0.507 e. The maximum atomic E-state index is 10.9. The van der Waals surface area contributed by atoms with Crippen molar-refractivity contribution in [2.45, 2.75) is 10.6 Å². The van der Waals surface area contributed by atoms with Gasteiger partial charge in [0.1, 0.15) is 5.75 Å². The Kier molecular flexibility index (Phi) is 3.69. The first-order valence-electron chi connectivity index (χ1n) is 3.71. The van der Waals surface area contributed by atoms with Crippen molar-refractivity contribution in [1.82, 2.24) is 0 Å². The summed E-state index contributed by atoms with van der Waals surface area (Å²) in [5.74, 6) is -0.186. The van der Waals surface area contributed by atoms with Crippen molar-refractivity contribution in [2.75, 3.05) is 6.26 Å². The summed E-state index contributed by atoms with van der Waals surface area (Å²) in [6.07, 6.45) is 1.76. The summed E-state index contributed by atoms with van der Waals surface area (Å²) < 4.78 is 21.7. The zero-order valence-corrected chi connectivity index (χ0v) is 9.79. The summed E-state index contributed by atoms with van der Waals surface area (Å²) in [6, 6.07) is 4.73. The van der Waals surface area contributed by atoms with E-state index in [1.165, 1.54) is 17.8 Å². The fourth-order valence-electron chi connectivity index (χ4n) is 1.11. The van der Waals surface area contributed by atoms with Crippen LogP contribution in [0.5, 0.6) is 5.75 Å². The van der Waals surface area contributed by atoms with Crippen LogP contribution < -0.4 is 0 Å². The maximum absolute atomic E-state index is 10.9. The number of benzene rings is 1. The van der Waals surface area contributed by atoms with Crippen LogP contribution in [0.1, 0.15) is 5.56 Å². The van der Waals surface area contributed by atoms with Crippen LogP contribution in [-0.4, -0.2) is 19.8 Å². The highest BCUT2D eigenvalue weighted by molar-refractivity contribution is 8.13. The Morgan fingerprint density at radius 3 is 2.64 bits per heavy atom. The Morgan fingerprint density at radius 2 is 2.14 bits per heavy atom. The van der Waals surface area contributed by atoms with E-state index in [1.54, 1.807) is 18.4 Å². The summed E-state index contributed by atoms with van der Waals surface area (Å²) in [6.45, 7) is 0. The topological polar surface area (TPSA) is 54.4 Å². The third kappa shape index (κ3) is 3.08. The molecule has 0 amide bonds. The first-order valence-corrected chi connectivity index (χ1v) is 7.41. The van der Waals surface area contributed by atoms with Crippen LogP contribution in [0.25, 0.3) is 0 Å². The molecule has 0 aliphatic carbocycles. The second-order valence-electron chi connectivity index (χ2n) is 2.65. The number of rotatable bonds is 3. The van der Waals surface area contributed by atoms with Crippen LogP contribution in [0.15, 0.2) is 23.1 Å². The zero-order chi connectivity index (χ0) is 10.8. The van der Waals surface area contributed by atoms with E-state index in [0.29, 0.717) is 10.5 Å². The van der Waals surface area contributed by atoms with E-state index in [1.807, 2.05) is 0 Å². The molecule has 1 rings (SSSR count). The molecule has 0 radical (unpaired) electrons. The maximum Gasteiger partial charge on any atom is 0.236 e. The average molecular weight is 253 g/mol.